The van der Waals surface area contributed by atoms with E-state index in [1.807, 2.05) is 43.3 Å². The van der Waals surface area contributed by atoms with Gasteiger partial charge >= 0.3 is 0 Å². The Kier molecular flexibility index (Phi) is 4.74. The van der Waals surface area contributed by atoms with Crippen LogP contribution in [-0.2, 0) is 16.1 Å². The van der Waals surface area contributed by atoms with Gasteiger partial charge in [0, 0.05) is 11.4 Å². The van der Waals surface area contributed by atoms with Gasteiger partial charge in [-0.3, -0.25) is 4.79 Å². The van der Waals surface area contributed by atoms with E-state index in [9.17, 15) is 4.79 Å². The number of benzene rings is 2. The molecular formula is C16H18N2O2. The third kappa shape index (κ3) is 4.10. The number of nitrogen functional groups attached to an aromatic ring is 1. The Balaban J connectivity index is 1.81. The van der Waals surface area contributed by atoms with Gasteiger partial charge in [0.05, 0.1) is 6.61 Å². The van der Waals surface area contributed by atoms with Gasteiger partial charge in [-0.25, -0.2) is 0 Å². The molecule has 2 aromatic carbocycles. The predicted molar refractivity (Wildman–Crippen MR) is 80.3 cm³/mol. The number of hydrogen-bond acceptors (Lipinski definition) is 3. The lowest BCUT2D eigenvalue weighted by atomic mass is 10.2. The van der Waals surface area contributed by atoms with Crippen LogP contribution in [0.1, 0.15) is 11.1 Å². The average Bonchev–Trinajstić information content (AvgIpc) is 2.43. The summed E-state index contributed by atoms with van der Waals surface area (Å²) in [5.74, 6) is -0.172. The van der Waals surface area contributed by atoms with Crippen LogP contribution in [0.5, 0.6) is 0 Å². The van der Waals surface area contributed by atoms with Crippen molar-refractivity contribution in [1.29, 1.82) is 0 Å². The molecule has 4 heteroatoms. The standard InChI is InChI=1S/C16H18N2O2/c1-12-9-14(17)7-8-15(12)18-16(19)11-20-10-13-5-3-2-4-6-13/h2-9H,10-11,17H2,1H3,(H,18,19). The topological polar surface area (TPSA) is 64.3 Å². The third-order valence-corrected chi connectivity index (χ3v) is 2.87. The van der Waals surface area contributed by atoms with Crippen molar-refractivity contribution in [1.82, 2.24) is 0 Å². The quantitative estimate of drug-likeness (QED) is 0.821. The Labute approximate surface area is 118 Å². The summed E-state index contributed by atoms with van der Waals surface area (Å²) in [5.41, 5.74) is 9.08. The van der Waals surface area contributed by atoms with Crippen LogP contribution in [0.15, 0.2) is 48.5 Å². The zero-order valence-corrected chi connectivity index (χ0v) is 11.4. The minimum Gasteiger partial charge on any atom is -0.399 e. The van der Waals surface area contributed by atoms with Crippen molar-refractivity contribution in [3.8, 4) is 0 Å². The largest absolute Gasteiger partial charge is 0.399 e. The molecule has 0 saturated heterocycles. The van der Waals surface area contributed by atoms with E-state index in [1.54, 1.807) is 12.1 Å². The highest BCUT2D eigenvalue weighted by Gasteiger charge is 2.05. The molecule has 0 spiro atoms. The summed E-state index contributed by atoms with van der Waals surface area (Å²) in [6.07, 6.45) is 0. The van der Waals surface area contributed by atoms with Gasteiger partial charge in [0.25, 0.3) is 0 Å². The number of rotatable bonds is 5. The van der Waals surface area contributed by atoms with E-state index in [1.165, 1.54) is 0 Å². The molecule has 4 nitrogen and oxygen atoms in total. The van der Waals surface area contributed by atoms with Crippen LogP contribution in [0.3, 0.4) is 0 Å². The number of nitrogens with one attached hydrogen (secondary N) is 1. The number of carbonyl (C=O) groups is 1. The van der Waals surface area contributed by atoms with Crippen molar-refractivity contribution in [3.63, 3.8) is 0 Å². The van der Waals surface area contributed by atoms with Crippen molar-refractivity contribution < 1.29 is 9.53 Å². The zero-order chi connectivity index (χ0) is 14.4. The molecule has 0 atom stereocenters. The first kappa shape index (κ1) is 14.1. The molecular weight excluding hydrogens is 252 g/mol. The normalized spacial score (nSPS) is 10.2. The minimum atomic E-state index is -0.172. The second-order valence-corrected chi connectivity index (χ2v) is 4.60. The van der Waals surface area contributed by atoms with Crippen molar-refractivity contribution in [2.45, 2.75) is 13.5 Å². The number of hydrogen-bond donors (Lipinski definition) is 2. The summed E-state index contributed by atoms with van der Waals surface area (Å²) >= 11 is 0. The second-order valence-electron chi connectivity index (χ2n) is 4.60. The fourth-order valence-corrected chi connectivity index (χ4v) is 1.85. The van der Waals surface area contributed by atoms with Crippen LogP contribution in [0.2, 0.25) is 0 Å². The molecule has 1 amide bonds. The van der Waals surface area contributed by atoms with Gasteiger partial charge in [0.1, 0.15) is 6.61 Å². The van der Waals surface area contributed by atoms with Gasteiger partial charge in [-0.2, -0.15) is 0 Å². The van der Waals surface area contributed by atoms with Crippen LogP contribution >= 0.6 is 0 Å². The van der Waals surface area contributed by atoms with Crippen molar-refractivity contribution >= 4 is 17.3 Å². The number of nitrogens with two attached hydrogens (primary N) is 1. The van der Waals surface area contributed by atoms with E-state index in [-0.39, 0.29) is 12.5 Å². The van der Waals surface area contributed by atoms with Gasteiger partial charge < -0.3 is 15.8 Å². The number of ether oxygens (including phenoxy) is 1. The van der Waals surface area contributed by atoms with Gasteiger partial charge in [-0.05, 0) is 36.2 Å². The molecule has 2 aromatic rings. The monoisotopic (exact) mass is 270 g/mol. The lowest BCUT2D eigenvalue weighted by Crippen LogP contribution is -2.18. The minimum absolute atomic E-state index is 0.0265. The number of carbonyl (C=O) groups excluding carboxylic acids is 1. The maximum Gasteiger partial charge on any atom is 0.250 e. The molecule has 0 aliphatic rings. The molecule has 0 bridgehead atoms. The molecule has 0 saturated carbocycles. The predicted octanol–water partition coefficient (Wildman–Crippen LogP) is 2.73. The van der Waals surface area contributed by atoms with Crippen LogP contribution < -0.4 is 11.1 Å². The zero-order valence-electron chi connectivity index (χ0n) is 11.4. The summed E-state index contributed by atoms with van der Waals surface area (Å²) in [7, 11) is 0. The first-order valence-corrected chi connectivity index (χ1v) is 6.43. The van der Waals surface area contributed by atoms with E-state index in [0.717, 1.165) is 16.8 Å². The highest BCUT2D eigenvalue weighted by Crippen LogP contribution is 2.17. The number of aryl methyl sites for hydroxylation is 1. The van der Waals surface area contributed by atoms with Crippen LogP contribution in [0.25, 0.3) is 0 Å². The molecule has 0 aliphatic heterocycles. The van der Waals surface area contributed by atoms with Crippen molar-refractivity contribution in [3.05, 3.63) is 59.7 Å². The maximum absolute atomic E-state index is 11.8. The van der Waals surface area contributed by atoms with E-state index in [0.29, 0.717) is 12.3 Å². The smallest absolute Gasteiger partial charge is 0.250 e. The molecule has 0 aromatic heterocycles. The average molecular weight is 270 g/mol. The van der Waals surface area contributed by atoms with Gasteiger partial charge in [-0.1, -0.05) is 30.3 Å². The fourth-order valence-electron chi connectivity index (χ4n) is 1.85. The Morgan fingerprint density at radius 3 is 2.65 bits per heavy atom. The van der Waals surface area contributed by atoms with Crippen molar-refractivity contribution in [2.24, 2.45) is 0 Å². The fraction of sp³-hybridized carbons (Fsp3) is 0.188. The Morgan fingerprint density at radius 2 is 1.95 bits per heavy atom. The highest BCUT2D eigenvalue weighted by atomic mass is 16.5. The molecule has 0 unspecified atom stereocenters. The third-order valence-electron chi connectivity index (χ3n) is 2.87. The maximum atomic E-state index is 11.8. The molecule has 20 heavy (non-hydrogen) atoms. The first-order valence-electron chi connectivity index (χ1n) is 6.43. The van der Waals surface area contributed by atoms with Gasteiger partial charge in [0.2, 0.25) is 5.91 Å². The SMILES string of the molecule is Cc1cc(N)ccc1NC(=O)COCc1ccccc1. The highest BCUT2D eigenvalue weighted by molar-refractivity contribution is 5.92. The molecule has 104 valence electrons. The van der Waals surface area contributed by atoms with E-state index in [4.69, 9.17) is 10.5 Å². The van der Waals surface area contributed by atoms with Gasteiger partial charge in [0.15, 0.2) is 0 Å². The van der Waals surface area contributed by atoms with E-state index in [2.05, 4.69) is 5.32 Å². The number of anilines is 2. The first-order chi connectivity index (χ1) is 9.65. The Morgan fingerprint density at radius 1 is 1.20 bits per heavy atom. The Hall–Kier alpha value is -2.33. The molecule has 0 aliphatic carbocycles. The summed E-state index contributed by atoms with van der Waals surface area (Å²) in [5, 5.41) is 2.80. The number of amides is 1. The summed E-state index contributed by atoms with van der Waals surface area (Å²) in [4.78, 5) is 11.8. The molecule has 0 heterocycles. The lowest BCUT2D eigenvalue weighted by Gasteiger charge is -2.09. The van der Waals surface area contributed by atoms with E-state index >= 15 is 0 Å². The van der Waals surface area contributed by atoms with Crippen LogP contribution in [0, 0.1) is 6.92 Å². The van der Waals surface area contributed by atoms with Crippen LogP contribution in [-0.4, -0.2) is 12.5 Å². The summed E-state index contributed by atoms with van der Waals surface area (Å²) < 4.78 is 5.38. The van der Waals surface area contributed by atoms with Gasteiger partial charge in [-0.15, -0.1) is 0 Å². The summed E-state index contributed by atoms with van der Waals surface area (Å²) in [6, 6.07) is 15.1. The molecule has 2 rings (SSSR count). The second kappa shape index (κ2) is 6.73. The van der Waals surface area contributed by atoms with E-state index < -0.39 is 0 Å². The van der Waals surface area contributed by atoms with Crippen LogP contribution in [0.4, 0.5) is 11.4 Å². The molecule has 0 radical (unpaired) electrons. The Bertz CT molecular complexity index is 582. The summed E-state index contributed by atoms with van der Waals surface area (Å²) in [6.45, 7) is 2.35. The lowest BCUT2D eigenvalue weighted by molar-refractivity contribution is -0.121. The molecule has 3 N–H and O–H groups in total. The molecule has 0 fully saturated rings. The van der Waals surface area contributed by atoms with Crippen molar-refractivity contribution in [2.75, 3.05) is 17.7 Å².